The van der Waals surface area contributed by atoms with Crippen LogP contribution in [0.2, 0.25) is 0 Å². The number of rotatable bonds is 4. The van der Waals surface area contributed by atoms with E-state index in [-0.39, 0.29) is 0 Å². The third kappa shape index (κ3) is 2.44. The Bertz CT molecular complexity index is 372. The van der Waals surface area contributed by atoms with E-state index in [4.69, 9.17) is 15.2 Å². The van der Waals surface area contributed by atoms with Crippen LogP contribution in [0.1, 0.15) is 19.4 Å². The fourth-order valence-electron chi connectivity index (χ4n) is 1.61. The molecule has 0 aliphatic rings. The molecular weight excluding hydrogens is 222 g/mol. The summed E-state index contributed by atoms with van der Waals surface area (Å²) >= 11 is 1.62. The van der Waals surface area contributed by atoms with E-state index in [9.17, 15) is 0 Å². The summed E-state index contributed by atoms with van der Waals surface area (Å²) in [5, 5.41) is 0. The minimum Gasteiger partial charge on any atom is -0.493 e. The molecule has 90 valence electrons. The Balaban J connectivity index is 3.43. The lowest BCUT2D eigenvalue weighted by Crippen LogP contribution is -2.29. The number of nitrogens with two attached hydrogens (primary N) is 1. The van der Waals surface area contributed by atoms with Crippen LogP contribution in [0.25, 0.3) is 0 Å². The highest BCUT2D eigenvalue weighted by molar-refractivity contribution is 7.98. The fraction of sp³-hybridized carbons (Fsp3) is 0.500. The van der Waals surface area contributed by atoms with E-state index in [0.29, 0.717) is 0 Å². The highest BCUT2D eigenvalue weighted by Crippen LogP contribution is 2.41. The predicted molar refractivity (Wildman–Crippen MR) is 68.5 cm³/mol. The van der Waals surface area contributed by atoms with Crippen LogP contribution >= 0.6 is 11.8 Å². The molecule has 0 spiro atoms. The smallest absolute Gasteiger partial charge is 0.174 e. The van der Waals surface area contributed by atoms with Crippen molar-refractivity contribution >= 4 is 11.8 Å². The van der Waals surface area contributed by atoms with Gasteiger partial charge in [0.25, 0.3) is 0 Å². The Hall–Kier alpha value is -0.870. The summed E-state index contributed by atoms with van der Waals surface area (Å²) in [6.45, 7) is 3.96. The Morgan fingerprint density at radius 3 is 2.19 bits per heavy atom. The number of hydrogen-bond acceptors (Lipinski definition) is 4. The minimum absolute atomic E-state index is 0.391. The van der Waals surface area contributed by atoms with E-state index in [1.54, 1.807) is 26.0 Å². The first-order valence-corrected chi connectivity index (χ1v) is 6.26. The van der Waals surface area contributed by atoms with E-state index in [1.807, 2.05) is 32.2 Å². The van der Waals surface area contributed by atoms with Gasteiger partial charge in [-0.3, -0.25) is 0 Å². The standard InChI is InChI=1S/C12H19NO2S/c1-12(2,13)8-6-7-9(14-3)10(15-4)11(8)16-5/h6-7H,13H2,1-5H3. The molecule has 16 heavy (non-hydrogen) atoms. The average molecular weight is 241 g/mol. The van der Waals surface area contributed by atoms with Crippen molar-refractivity contribution < 1.29 is 9.47 Å². The van der Waals surface area contributed by atoms with Gasteiger partial charge in [-0.25, -0.2) is 0 Å². The summed E-state index contributed by atoms with van der Waals surface area (Å²) in [7, 11) is 3.28. The van der Waals surface area contributed by atoms with Crippen molar-refractivity contribution in [1.82, 2.24) is 0 Å². The molecule has 3 nitrogen and oxygen atoms in total. The van der Waals surface area contributed by atoms with Crippen LogP contribution in [-0.4, -0.2) is 20.5 Å². The van der Waals surface area contributed by atoms with Crippen LogP contribution in [0.15, 0.2) is 17.0 Å². The van der Waals surface area contributed by atoms with Crippen LogP contribution in [0.4, 0.5) is 0 Å². The zero-order chi connectivity index (χ0) is 12.3. The van der Waals surface area contributed by atoms with Gasteiger partial charge in [0.05, 0.1) is 19.1 Å². The van der Waals surface area contributed by atoms with Gasteiger partial charge in [0.2, 0.25) is 0 Å². The molecule has 0 amide bonds. The maximum Gasteiger partial charge on any atom is 0.174 e. The summed E-state index contributed by atoms with van der Waals surface area (Å²) in [5.41, 5.74) is 6.81. The maximum atomic E-state index is 6.14. The quantitative estimate of drug-likeness (QED) is 0.823. The second kappa shape index (κ2) is 4.97. The lowest BCUT2D eigenvalue weighted by Gasteiger charge is -2.24. The normalized spacial score (nSPS) is 11.4. The van der Waals surface area contributed by atoms with E-state index in [0.717, 1.165) is 22.0 Å². The fourth-order valence-corrected chi connectivity index (χ4v) is 2.53. The molecule has 0 saturated heterocycles. The minimum atomic E-state index is -0.391. The van der Waals surface area contributed by atoms with Gasteiger partial charge in [0, 0.05) is 5.54 Å². The zero-order valence-electron chi connectivity index (χ0n) is 10.5. The van der Waals surface area contributed by atoms with E-state index in [1.165, 1.54) is 0 Å². The number of methoxy groups -OCH3 is 2. The zero-order valence-corrected chi connectivity index (χ0v) is 11.3. The van der Waals surface area contributed by atoms with Gasteiger partial charge in [0.1, 0.15) is 0 Å². The van der Waals surface area contributed by atoms with Crippen molar-refractivity contribution in [2.75, 3.05) is 20.5 Å². The van der Waals surface area contributed by atoms with Gasteiger partial charge in [-0.05, 0) is 31.7 Å². The molecule has 0 bridgehead atoms. The second-order valence-electron chi connectivity index (χ2n) is 4.10. The van der Waals surface area contributed by atoms with Crippen molar-refractivity contribution in [2.24, 2.45) is 5.73 Å². The van der Waals surface area contributed by atoms with Crippen LogP contribution < -0.4 is 15.2 Å². The largest absolute Gasteiger partial charge is 0.493 e. The van der Waals surface area contributed by atoms with Crippen molar-refractivity contribution in [2.45, 2.75) is 24.3 Å². The van der Waals surface area contributed by atoms with Crippen LogP contribution in [0.5, 0.6) is 11.5 Å². The first-order chi connectivity index (χ1) is 7.45. The molecule has 0 aromatic heterocycles. The number of ether oxygens (including phenoxy) is 2. The Morgan fingerprint density at radius 2 is 1.81 bits per heavy atom. The first kappa shape index (κ1) is 13.2. The van der Waals surface area contributed by atoms with E-state index < -0.39 is 5.54 Å². The van der Waals surface area contributed by atoms with Crippen molar-refractivity contribution in [3.63, 3.8) is 0 Å². The lowest BCUT2D eigenvalue weighted by molar-refractivity contribution is 0.345. The third-order valence-corrected chi connectivity index (χ3v) is 3.21. The maximum absolute atomic E-state index is 6.14. The molecule has 0 saturated carbocycles. The van der Waals surface area contributed by atoms with Crippen LogP contribution in [0.3, 0.4) is 0 Å². The van der Waals surface area contributed by atoms with Crippen molar-refractivity contribution in [3.8, 4) is 11.5 Å². The Morgan fingerprint density at radius 1 is 1.19 bits per heavy atom. The molecular formula is C12H19NO2S. The second-order valence-corrected chi connectivity index (χ2v) is 4.92. The highest BCUT2D eigenvalue weighted by atomic mass is 32.2. The molecule has 0 atom stereocenters. The molecule has 0 aliphatic carbocycles. The number of thioether (sulfide) groups is 1. The predicted octanol–water partition coefficient (Wildman–Crippen LogP) is 2.62. The number of hydrogen-bond donors (Lipinski definition) is 1. The summed E-state index contributed by atoms with van der Waals surface area (Å²) < 4.78 is 10.7. The SMILES string of the molecule is COc1ccc(C(C)(C)N)c(SC)c1OC. The van der Waals surface area contributed by atoms with Crippen LogP contribution in [-0.2, 0) is 5.54 Å². The molecule has 4 heteroatoms. The van der Waals surface area contributed by atoms with E-state index >= 15 is 0 Å². The topological polar surface area (TPSA) is 44.5 Å². The van der Waals surface area contributed by atoms with Gasteiger partial charge in [-0.1, -0.05) is 6.07 Å². The van der Waals surface area contributed by atoms with Crippen LogP contribution in [0, 0.1) is 0 Å². The Kier molecular flexibility index (Phi) is 4.10. The summed E-state index contributed by atoms with van der Waals surface area (Å²) in [4.78, 5) is 1.04. The first-order valence-electron chi connectivity index (χ1n) is 5.04. The molecule has 0 fully saturated rings. The average Bonchev–Trinajstić information content (AvgIpc) is 2.25. The number of benzene rings is 1. The molecule has 0 aliphatic heterocycles. The summed E-state index contributed by atoms with van der Waals surface area (Å²) in [5.74, 6) is 1.49. The van der Waals surface area contributed by atoms with Gasteiger partial charge in [-0.15, -0.1) is 11.8 Å². The third-order valence-electron chi connectivity index (χ3n) is 2.40. The van der Waals surface area contributed by atoms with Gasteiger partial charge in [-0.2, -0.15) is 0 Å². The van der Waals surface area contributed by atoms with Crippen molar-refractivity contribution in [3.05, 3.63) is 17.7 Å². The van der Waals surface area contributed by atoms with E-state index in [2.05, 4.69) is 0 Å². The molecule has 0 heterocycles. The summed E-state index contributed by atoms with van der Waals surface area (Å²) in [6, 6.07) is 3.88. The van der Waals surface area contributed by atoms with Gasteiger partial charge < -0.3 is 15.2 Å². The highest BCUT2D eigenvalue weighted by Gasteiger charge is 2.23. The molecule has 1 rings (SSSR count). The van der Waals surface area contributed by atoms with Gasteiger partial charge >= 0.3 is 0 Å². The van der Waals surface area contributed by atoms with Gasteiger partial charge in [0.15, 0.2) is 11.5 Å². The molecule has 1 aromatic rings. The summed E-state index contributed by atoms with van der Waals surface area (Å²) in [6.07, 6.45) is 2.01. The van der Waals surface area contributed by atoms with Crippen molar-refractivity contribution in [1.29, 1.82) is 0 Å². The Labute approximate surface area is 101 Å². The monoisotopic (exact) mass is 241 g/mol. The lowest BCUT2D eigenvalue weighted by atomic mass is 9.95. The molecule has 0 radical (unpaired) electrons. The molecule has 0 unspecified atom stereocenters. The molecule has 1 aromatic carbocycles. The molecule has 2 N–H and O–H groups in total.